The minimum Gasteiger partial charge on any atom is -0.240 e. The number of thioether (sulfide) groups is 1. The smallest absolute Gasteiger partial charge is 0.210 e. The Bertz CT molecular complexity index is 848. The van der Waals surface area contributed by atoms with Gasteiger partial charge in [-0.2, -0.15) is 0 Å². The van der Waals surface area contributed by atoms with E-state index in [0.717, 1.165) is 21.4 Å². The van der Waals surface area contributed by atoms with Crippen LogP contribution < -0.4 is 0 Å². The second kappa shape index (κ2) is 6.15. The Morgan fingerprint density at radius 2 is 2.09 bits per heavy atom. The molecule has 22 heavy (non-hydrogen) atoms. The molecule has 3 aromatic heterocycles. The van der Waals surface area contributed by atoms with Gasteiger partial charge in [0.2, 0.25) is 5.16 Å². The first-order chi connectivity index (χ1) is 10.9. The summed E-state index contributed by atoms with van der Waals surface area (Å²) in [4.78, 5) is 5.88. The lowest BCUT2D eigenvalue weighted by molar-refractivity contribution is 0.608. The number of tetrazole rings is 1. The van der Waals surface area contributed by atoms with Crippen molar-refractivity contribution in [2.24, 2.45) is 0 Å². The van der Waals surface area contributed by atoms with Crippen LogP contribution in [0.4, 0.5) is 0 Å². The van der Waals surface area contributed by atoms with E-state index in [-0.39, 0.29) is 0 Å². The van der Waals surface area contributed by atoms with Crippen LogP contribution in [-0.2, 0) is 12.3 Å². The third kappa shape index (κ3) is 2.90. The molecule has 0 aliphatic carbocycles. The maximum atomic E-state index is 4.64. The van der Waals surface area contributed by atoms with Crippen LogP contribution in [0.2, 0.25) is 0 Å². The molecule has 0 atom stereocenters. The molecule has 8 heteroatoms. The number of hydrogen-bond acceptors (Lipinski definition) is 7. The van der Waals surface area contributed by atoms with Gasteiger partial charge in [-0.05, 0) is 34.0 Å². The average molecular weight is 345 g/mol. The summed E-state index contributed by atoms with van der Waals surface area (Å²) in [6.07, 6.45) is 0. The lowest BCUT2D eigenvalue weighted by atomic mass is 10.3. The highest BCUT2D eigenvalue weighted by Gasteiger charge is 2.10. The van der Waals surface area contributed by atoms with Gasteiger partial charge in [0, 0.05) is 4.88 Å². The van der Waals surface area contributed by atoms with Crippen molar-refractivity contribution in [3.63, 3.8) is 0 Å². The molecule has 0 aliphatic rings. The van der Waals surface area contributed by atoms with Gasteiger partial charge in [-0.3, -0.25) is 0 Å². The molecule has 4 rings (SSSR count). The molecule has 0 amide bonds. The molecule has 0 spiro atoms. The first kappa shape index (κ1) is 13.9. The van der Waals surface area contributed by atoms with Crippen LogP contribution in [0.3, 0.4) is 0 Å². The molecule has 0 aliphatic heterocycles. The fraction of sp³-hybridized carbons (Fsp3) is 0.143. The van der Waals surface area contributed by atoms with Crippen LogP contribution in [0.25, 0.3) is 10.2 Å². The molecule has 5 nitrogen and oxygen atoms in total. The Morgan fingerprint density at radius 3 is 2.95 bits per heavy atom. The van der Waals surface area contributed by atoms with E-state index in [1.807, 2.05) is 28.9 Å². The molecule has 1 aromatic carbocycles. The Hall–Kier alpha value is -1.77. The Kier molecular flexibility index (Phi) is 3.88. The number of para-hydroxylation sites is 1. The van der Waals surface area contributed by atoms with Crippen molar-refractivity contribution in [2.75, 3.05) is 0 Å². The zero-order valence-corrected chi connectivity index (χ0v) is 13.9. The van der Waals surface area contributed by atoms with E-state index in [2.05, 4.69) is 38.0 Å². The molecule has 0 saturated heterocycles. The Labute approximate surface area is 139 Å². The third-order valence-electron chi connectivity index (χ3n) is 3.05. The summed E-state index contributed by atoms with van der Waals surface area (Å²) in [5.41, 5.74) is 1.06. The standard InChI is InChI=1S/C14H11N5S3/c1-2-6-12-11(5-1)15-13(22-12)9-21-14-16-17-18-19(14)8-10-4-3-7-20-10/h1-7H,8-9H2. The third-order valence-corrected chi connectivity index (χ3v) is 6.10. The summed E-state index contributed by atoms with van der Waals surface area (Å²) >= 11 is 5.06. The van der Waals surface area contributed by atoms with Crippen molar-refractivity contribution in [1.29, 1.82) is 0 Å². The molecule has 0 saturated carbocycles. The van der Waals surface area contributed by atoms with E-state index in [0.29, 0.717) is 6.54 Å². The molecule has 110 valence electrons. The van der Waals surface area contributed by atoms with E-state index < -0.39 is 0 Å². The van der Waals surface area contributed by atoms with Crippen molar-refractivity contribution in [2.45, 2.75) is 17.5 Å². The van der Waals surface area contributed by atoms with Crippen molar-refractivity contribution >= 4 is 44.7 Å². The number of fused-ring (bicyclic) bond motifs is 1. The zero-order valence-electron chi connectivity index (χ0n) is 11.4. The average Bonchev–Trinajstić information content (AvgIpc) is 3.26. The van der Waals surface area contributed by atoms with Crippen molar-refractivity contribution < 1.29 is 0 Å². The van der Waals surface area contributed by atoms with Crippen molar-refractivity contribution in [1.82, 2.24) is 25.2 Å². The largest absolute Gasteiger partial charge is 0.240 e. The lowest BCUT2D eigenvalue weighted by Gasteiger charge is -2.01. The van der Waals surface area contributed by atoms with Gasteiger partial charge in [0.1, 0.15) is 5.01 Å². The number of hydrogen-bond donors (Lipinski definition) is 0. The van der Waals surface area contributed by atoms with Gasteiger partial charge < -0.3 is 0 Å². The lowest BCUT2D eigenvalue weighted by Crippen LogP contribution is -2.02. The highest BCUT2D eigenvalue weighted by atomic mass is 32.2. The molecule has 3 heterocycles. The fourth-order valence-corrected chi connectivity index (χ4v) is 4.58. The number of rotatable bonds is 5. The van der Waals surface area contributed by atoms with Gasteiger partial charge >= 0.3 is 0 Å². The Morgan fingerprint density at radius 1 is 1.14 bits per heavy atom. The van der Waals surface area contributed by atoms with Gasteiger partial charge in [0.25, 0.3) is 0 Å². The first-order valence-electron chi connectivity index (χ1n) is 6.64. The molecule has 0 bridgehead atoms. The highest BCUT2D eigenvalue weighted by molar-refractivity contribution is 7.98. The van der Waals surface area contributed by atoms with Crippen LogP contribution in [0.1, 0.15) is 9.88 Å². The monoisotopic (exact) mass is 345 g/mol. The maximum absolute atomic E-state index is 4.64. The van der Waals surface area contributed by atoms with Gasteiger partial charge in [-0.15, -0.1) is 27.8 Å². The summed E-state index contributed by atoms with van der Waals surface area (Å²) in [6.45, 7) is 0.715. The predicted molar refractivity (Wildman–Crippen MR) is 90.4 cm³/mol. The zero-order chi connectivity index (χ0) is 14.8. The number of nitrogens with zero attached hydrogens (tertiary/aromatic N) is 5. The van der Waals surface area contributed by atoms with Gasteiger partial charge in [0.15, 0.2) is 0 Å². The summed E-state index contributed by atoms with van der Waals surface area (Å²) in [6, 6.07) is 12.3. The summed E-state index contributed by atoms with van der Waals surface area (Å²) in [7, 11) is 0. The van der Waals surface area contributed by atoms with E-state index in [1.165, 1.54) is 9.58 Å². The summed E-state index contributed by atoms with van der Waals surface area (Å²) in [5, 5.41) is 16.0. The number of thiazole rings is 1. The van der Waals surface area contributed by atoms with Gasteiger partial charge in [0.05, 0.1) is 22.5 Å². The van der Waals surface area contributed by atoms with E-state index in [4.69, 9.17) is 0 Å². The number of thiophene rings is 1. The minimum absolute atomic E-state index is 0.715. The summed E-state index contributed by atoms with van der Waals surface area (Å²) in [5.74, 6) is 0.782. The topological polar surface area (TPSA) is 56.5 Å². The predicted octanol–water partition coefficient (Wildman–Crippen LogP) is 3.68. The summed E-state index contributed by atoms with van der Waals surface area (Å²) < 4.78 is 3.06. The highest BCUT2D eigenvalue weighted by Crippen LogP contribution is 2.27. The van der Waals surface area contributed by atoms with Crippen LogP contribution in [0.15, 0.2) is 46.9 Å². The van der Waals surface area contributed by atoms with Gasteiger partial charge in [-0.25, -0.2) is 9.67 Å². The SMILES string of the molecule is c1csc(Cn2nnnc2SCc2nc3ccccc3s2)c1. The van der Waals surface area contributed by atoms with Crippen LogP contribution in [0, 0.1) is 0 Å². The molecule has 0 unspecified atom stereocenters. The molecular weight excluding hydrogens is 334 g/mol. The van der Waals surface area contributed by atoms with Crippen molar-refractivity contribution in [3.8, 4) is 0 Å². The van der Waals surface area contributed by atoms with E-state index >= 15 is 0 Å². The van der Waals surface area contributed by atoms with E-state index in [1.54, 1.807) is 34.4 Å². The van der Waals surface area contributed by atoms with Crippen LogP contribution in [0.5, 0.6) is 0 Å². The molecule has 4 aromatic rings. The second-order valence-corrected chi connectivity index (χ2v) is 7.65. The molecular formula is C14H11N5S3. The molecule has 0 fully saturated rings. The van der Waals surface area contributed by atoms with Crippen LogP contribution in [-0.4, -0.2) is 25.2 Å². The first-order valence-corrected chi connectivity index (χ1v) is 9.32. The maximum Gasteiger partial charge on any atom is 0.210 e. The normalized spacial score (nSPS) is 11.3. The van der Waals surface area contributed by atoms with Crippen molar-refractivity contribution in [3.05, 3.63) is 51.7 Å². The minimum atomic E-state index is 0.715. The Balaban J connectivity index is 1.48. The van der Waals surface area contributed by atoms with E-state index in [9.17, 15) is 0 Å². The molecule has 0 N–H and O–H groups in total. The number of aromatic nitrogens is 5. The quantitative estimate of drug-likeness (QED) is 0.516. The molecule has 0 radical (unpaired) electrons. The van der Waals surface area contributed by atoms with Crippen LogP contribution >= 0.6 is 34.4 Å². The van der Waals surface area contributed by atoms with Gasteiger partial charge in [-0.1, -0.05) is 30.0 Å². The number of benzene rings is 1. The fourth-order valence-electron chi connectivity index (χ4n) is 2.06. The second-order valence-electron chi connectivity index (χ2n) is 4.56.